The molecule has 1 N–H and O–H groups in total. The van der Waals surface area contributed by atoms with Gasteiger partial charge >= 0.3 is 0 Å². The van der Waals surface area contributed by atoms with Crippen LogP contribution < -0.4 is 10.1 Å². The van der Waals surface area contributed by atoms with Crippen molar-refractivity contribution in [1.82, 2.24) is 20.2 Å². The molecule has 1 unspecified atom stereocenters. The van der Waals surface area contributed by atoms with E-state index < -0.39 is 0 Å². The van der Waals surface area contributed by atoms with Gasteiger partial charge in [0.15, 0.2) is 5.82 Å². The van der Waals surface area contributed by atoms with Crippen LogP contribution in [0.3, 0.4) is 0 Å². The third-order valence-electron chi connectivity index (χ3n) is 6.42. The second-order valence-corrected chi connectivity index (χ2v) is 10.8. The molecule has 6 nitrogen and oxygen atoms in total. The van der Waals surface area contributed by atoms with E-state index in [4.69, 9.17) is 27.9 Å². The lowest BCUT2D eigenvalue weighted by Crippen LogP contribution is -2.38. The Hall–Kier alpha value is -2.57. The van der Waals surface area contributed by atoms with E-state index in [-0.39, 0.29) is 17.0 Å². The summed E-state index contributed by atoms with van der Waals surface area (Å²) >= 11 is 12.5. The van der Waals surface area contributed by atoms with Crippen molar-refractivity contribution in [2.75, 3.05) is 12.4 Å². The van der Waals surface area contributed by atoms with Crippen molar-refractivity contribution in [1.29, 1.82) is 0 Å². The summed E-state index contributed by atoms with van der Waals surface area (Å²) in [6.07, 6.45) is 8.31. The van der Waals surface area contributed by atoms with Gasteiger partial charge in [0.1, 0.15) is 5.75 Å². The first-order valence-corrected chi connectivity index (χ1v) is 12.3. The largest absolute Gasteiger partial charge is 0.497 e. The monoisotopic (exact) mass is 499 g/mol. The van der Waals surface area contributed by atoms with Gasteiger partial charge in [-0.1, -0.05) is 75.0 Å². The van der Waals surface area contributed by atoms with Crippen LogP contribution in [-0.4, -0.2) is 27.3 Å². The first-order valence-electron chi connectivity index (χ1n) is 11.6. The molecule has 1 saturated carbocycles. The van der Waals surface area contributed by atoms with Crippen LogP contribution in [0.1, 0.15) is 63.9 Å². The van der Waals surface area contributed by atoms with Crippen LogP contribution in [0.5, 0.6) is 5.75 Å². The highest BCUT2D eigenvalue weighted by molar-refractivity contribution is 6.35. The van der Waals surface area contributed by atoms with E-state index in [1.165, 1.54) is 0 Å². The number of nitrogens with one attached hydrogen (secondary N) is 1. The minimum Gasteiger partial charge on any atom is -0.497 e. The highest BCUT2D eigenvalue weighted by Gasteiger charge is 2.42. The van der Waals surface area contributed by atoms with Gasteiger partial charge in [-0.2, -0.15) is 0 Å². The van der Waals surface area contributed by atoms with Crippen LogP contribution in [-0.2, 0) is 5.54 Å². The van der Waals surface area contributed by atoms with Crippen LogP contribution in [0.4, 0.5) is 5.69 Å². The van der Waals surface area contributed by atoms with Gasteiger partial charge in [-0.25, -0.2) is 4.68 Å². The molecule has 1 heterocycles. The maximum Gasteiger partial charge on any atom is 0.177 e. The van der Waals surface area contributed by atoms with Gasteiger partial charge in [0, 0.05) is 15.7 Å². The quantitative estimate of drug-likeness (QED) is 0.373. The van der Waals surface area contributed by atoms with Gasteiger partial charge in [-0.15, -0.1) is 5.10 Å². The summed E-state index contributed by atoms with van der Waals surface area (Å²) in [6, 6.07) is 13.4. The molecule has 0 radical (unpaired) electrons. The molecular weight excluding hydrogens is 469 g/mol. The van der Waals surface area contributed by atoms with E-state index >= 15 is 0 Å². The topological polar surface area (TPSA) is 64.9 Å². The molecule has 1 fully saturated rings. The van der Waals surface area contributed by atoms with Crippen molar-refractivity contribution in [3.05, 3.63) is 70.0 Å². The smallest absolute Gasteiger partial charge is 0.177 e. The zero-order valence-corrected chi connectivity index (χ0v) is 21.6. The Morgan fingerprint density at radius 3 is 2.41 bits per heavy atom. The number of benzene rings is 2. The average Bonchev–Trinajstić information content (AvgIpc) is 3.45. The molecule has 4 rings (SSSR count). The van der Waals surface area contributed by atoms with Gasteiger partial charge in [-0.3, -0.25) is 0 Å². The molecule has 1 aliphatic rings. The number of halogens is 2. The summed E-state index contributed by atoms with van der Waals surface area (Å²) in [5.74, 6) is 1.68. The number of aromatic nitrogens is 4. The molecular formula is C26H31Cl2N5O. The molecule has 0 saturated heterocycles. The Balaban J connectivity index is 1.71. The Morgan fingerprint density at radius 2 is 1.79 bits per heavy atom. The lowest BCUT2D eigenvalue weighted by atomic mass is 9.85. The predicted octanol–water partition coefficient (Wildman–Crippen LogP) is 7.17. The van der Waals surface area contributed by atoms with Crippen molar-refractivity contribution >= 4 is 35.0 Å². The van der Waals surface area contributed by atoms with Crippen molar-refractivity contribution in [2.24, 2.45) is 5.41 Å². The molecule has 0 bridgehead atoms. The lowest BCUT2D eigenvalue weighted by molar-refractivity contribution is 0.254. The number of hydrogen-bond acceptors (Lipinski definition) is 5. The molecule has 0 spiro atoms. The number of hydrogen-bond donors (Lipinski definition) is 1. The summed E-state index contributed by atoms with van der Waals surface area (Å²) in [6.45, 7) is 6.57. The van der Waals surface area contributed by atoms with E-state index in [2.05, 4.69) is 47.7 Å². The van der Waals surface area contributed by atoms with Crippen LogP contribution in [0, 0.1) is 5.41 Å². The molecule has 3 aromatic rings. The fourth-order valence-electron chi connectivity index (χ4n) is 4.60. The van der Waals surface area contributed by atoms with Gasteiger partial charge in [0.05, 0.1) is 18.7 Å². The normalized spacial score (nSPS) is 16.6. The maximum atomic E-state index is 6.42. The maximum absolute atomic E-state index is 6.42. The fourth-order valence-corrected chi connectivity index (χ4v) is 5.07. The number of tetrazole rings is 1. The number of methoxy groups -OCH3 is 1. The van der Waals surface area contributed by atoms with Gasteiger partial charge < -0.3 is 10.1 Å². The van der Waals surface area contributed by atoms with Crippen LogP contribution in [0.25, 0.3) is 6.08 Å². The molecule has 180 valence electrons. The average molecular weight is 500 g/mol. The SMILES string of the molecule is COc1ccc(NC2(c3nnnn3C(C=Cc3ccc(Cl)cc3Cl)C(C)(C)C)CCCC2)cc1. The lowest BCUT2D eigenvalue weighted by Gasteiger charge is -2.35. The van der Waals surface area contributed by atoms with E-state index in [0.717, 1.165) is 48.5 Å². The third-order valence-corrected chi connectivity index (χ3v) is 6.99. The standard InChI is InChI=1S/C26H31Cl2N5O/c1-25(2,3)23(14-8-18-7-9-19(27)17-22(18)28)33-24(30-31-32-33)26(15-5-6-16-26)29-20-10-12-21(34-4)13-11-20/h7-14,17,23,29H,5-6,15-16H2,1-4H3. The molecule has 1 aromatic heterocycles. The first kappa shape index (κ1) is 24.6. The molecule has 1 atom stereocenters. The molecule has 34 heavy (non-hydrogen) atoms. The number of anilines is 1. The Bertz CT molecular complexity index is 1140. The fraction of sp³-hybridized carbons (Fsp3) is 0.423. The predicted molar refractivity (Wildman–Crippen MR) is 139 cm³/mol. The van der Waals surface area contributed by atoms with E-state index in [1.54, 1.807) is 13.2 Å². The Morgan fingerprint density at radius 1 is 1.09 bits per heavy atom. The van der Waals surface area contributed by atoms with Crippen LogP contribution in [0.15, 0.2) is 48.5 Å². The zero-order valence-electron chi connectivity index (χ0n) is 20.1. The van der Waals surface area contributed by atoms with Gasteiger partial charge in [0.25, 0.3) is 0 Å². The van der Waals surface area contributed by atoms with E-state index in [1.807, 2.05) is 47.2 Å². The van der Waals surface area contributed by atoms with Crippen LogP contribution >= 0.6 is 23.2 Å². The second-order valence-electron chi connectivity index (χ2n) is 9.93. The third kappa shape index (κ3) is 5.23. The minimum atomic E-state index is -0.340. The number of rotatable bonds is 7. The highest BCUT2D eigenvalue weighted by atomic mass is 35.5. The summed E-state index contributed by atoms with van der Waals surface area (Å²) in [4.78, 5) is 0. The second kappa shape index (κ2) is 9.96. The summed E-state index contributed by atoms with van der Waals surface area (Å²) in [5, 5.41) is 18.2. The zero-order chi connectivity index (χ0) is 24.3. The number of allylic oxidation sites excluding steroid dienone is 1. The minimum absolute atomic E-state index is 0.0839. The first-order chi connectivity index (χ1) is 16.2. The summed E-state index contributed by atoms with van der Waals surface area (Å²) in [5.41, 5.74) is 1.45. The van der Waals surface area contributed by atoms with Gasteiger partial charge in [0.2, 0.25) is 0 Å². The Labute approximate surface area is 211 Å². The molecule has 0 aliphatic heterocycles. The highest BCUT2D eigenvalue weighted by Crippen LogP contribution is 2.43. The number of ether oxygens (including phenoxy) is 1. The molecule has 2 aromatic carbocycles. The van der Waals surface area contributed by atoms with Crippen molar-refractivity contribution in [3.8, 4) is 5.75 Å². The molecule has 0 amide bonds. The molecule has 8 heteroatoms. The van der Waals surface area contributed by atoms with Crippen molar-refractivity contribution in [2.45, 2.75) is 58.0 Å². The van der Waals surface area contributed by atoms with Crippen molar-refractivity contribution < 1.29 is 4.74 Å². The van der Waals surface area contributed by atoms with Gasteiger partial charge in [-0.05, 0) is 70.6 Å². The Kier molecular flexibility index (Phi) is 7.20. The summed E-state index contributed by atoms with van der Waals surface area (Å²) < 4.78 is 7.29. The summed E-state index contributed by atoms with van der Waals surface area (Å²) in [7, 11) is 1.67. The molecule has 1 aliphatic carbocycles. The van der Waals surface area contributed by atoms with E-state index in [9.17, 15) is 0 Å². The van der Waals surface area contributed by atoms with Crippen molar-refractivity contribution in [3.63, 3.8) is 0 Å². The van der Waals surface area contributed by atoms with Crippen LogP contribution in [0.2, 0.25) is 10.0 Å². The van der Waals surface area contributed by atoms with E-state index in [0.29, 0.717) is 10.0 Å². The number of nitrogens with zero attached hydrogens (tertiary/aromatic N) is 4.